The van der Waals surface area contributed by atoms with Crippen LogP contribution in [0.1, 0.15) is 22.5 Å². The third kappa shape index (κ3) is 6.07. The molecule has 2 N–H and O–H groups in total. The Morgan fingerprint density at radius 3 is 2.57 bits per heavy atom. The van der Waals surface area contributed by atoms with Crippen molar-refractivity contribution in [2.45, 2.75) is 13.0 Å². The first-order valence-corrected chi connectivity index (χ1v) is 9.82. The highest BCUT2D eigenvalue weighted by Gasteiger charge is 2.09. The monoisotopic (exact) mass is 415 g/mol. The molecule has 1 heterocycles. The fraction of sp³-hybridized carbons (Fsp3) is 0.150. The molecule has 2 aromatic carbocycles. The van der Waals surface area contributed by atoms with Crippen LogP contribution in [0, 0.1) is 0 Å². The molecule has 28 heavy (non-hydrogen) atoms. The molecular weight excluding hydrogens is 398 g/mol. The van der Waals surface area contributed by atoms with Gasteiger partial charge in [0.2, 0.25) is 0 Å². The highest BCUT2D eigenvalue weighted by molar-refractivity contribution is 7.13. The number of anilines is 2. The number of carbonyl (C=O) groups is 2. The van der Waals surface area contributed by atoms with Crippen LogP contribution in [0.3, 0.4) is 0 Å². The molecule has 0 bridgehead atoms. The van der Waals surface area contributed by atoms with Crippen molar-refractivity contribution >= 4 is 45.6 Å². The first kappa shape index (κ1) is 19.9. The number of ether oxygens (including phenoxy) is 1. The van der Waals surface area contributed by atoms with Gasteiger partial charge in [-0.05, 0) is 36.4 Å². The van der Waals surface area contributed by atoms with Gasteiger partial charge in [0.1, 0.15) is 6.61 Å². The Balaban J connectivity index is 1.37. The van der Waals surface area contributed by atoms with Gasteiger partial charge in [0.05, 0.1) is 12.1 Å². The number of para-hydroxylation sites is 1. The number of hydrogen-bond donors (Lipinski definition) is 2. The molecule has 0 aliphatic heterocycles. The second kappa shape index (κ2) is 9.87. The highest BCUT2D eigenvalue weighted by atomic mass is 35.5. The van der Waals surface area contributed by atoms with Gasteiger partial charge in [-0.15, -0.1) is 11.3 Å². The average molecular weight is 416 g/mol. The Morgan fingerprint density at radius 2 is 1.82 bits per heavy atom. The number of esters is 1. The van der Waals surface area contributed by atoms with E-state index in [4.69, 9.17) is 16.3 Å². The van der Waals surface area contributed by atoms with E-state index in [9.17, 15) is 9.59 Å². The summed E-state index contributed by atoms with van der Waals surface area (Å²) in [5, 5.41) is 8.98. The molecule has 0 unspecified atom stereocenters. The van der Waals surface area contributed by atoms with Crippen molar-refractivity contribution in [1.82, 2.24) is 10.3 Å². The number of halogens is 1. The van der Waals surface area contributed by atoms with E-state index >= 15 is 0 Å². The molecule has 0 fully saturated rings. The Morgan fingerprint density at radius 1 is 1.07 bits per heavy atom. The quantitative estimate of drug-likeness (QED) is 0.533. The third-order valence-electron chi connectivity index (χ3n) is 3.68. The predicted molar refractivity (Wildman–Crippen MR) is 110 cm³/mol. The van der Waals surface area contributed by atoms with Crippen molar-refractivity contribution in [2.24, 2.45) is 0 Å². The molecule has 0 aliphatic rings. The van der Waals surface area contributed by atoms with E-state index in [2.05, 4.69) is 15.6 Å². The number of thiazole rings is 1. The highest BCUT2D eigenvalue weighted by Crippen LogP contribution is 2.21. The van der Waals surface area contributed by atoms with E-state index in [0.29, 0.717) is 16.3 Å². The molecule has 6 nitrogen and oxygen atoms in total. The summed E-state index contributed by atoms with van der Waals surface area (Å²) in [6.45, 7) is 0.287. The molecule has 0 radical (unpaired) electrons. The van der Waals surface area contributed by atoms with Gasteiger partial charge >= 0.3 is 5.97 Å². The van der Waals surface area contributed by atoms with Crippen LogP contribution in [0.25, 0.3) is 0 Å². The molecule has 3 aromatic rings. The van der Waals surface area contributed by atoms with Crippen molar-refractivity contribution in [1.29, 1.82) is 0 Å². The first-order chi connectivity index (χ1) is 13.6. The number of aromatic nitrogens is 1. The Bertz CT molecular complexity index is 929. The zero-order valence-corrected chi connectivity index (χ0v) is 16.4. The van der Waals surface area contributed by atoms with Gasteiger partial charge in [-0.3, -0.25) is 9.59 Å². The SMILES string of the molecule is O=C(CCNC(=O)c1ccc(Cl)cc1)OCc1csc(Nc2ccccc2)n1. The van der Waals surface area contributed by atoms with Gasteiger partial charge in [0, 0.05) is 28.2 Å². The summed E-state index contributed by atoms with van der Waals surface area (Å²) in [6, 6.07) is 16.2. The number of benzene rings is 2. The van der Waals surface area contributed by atoms with Gasteiger partial charge < -0.3 is 15.4 Å². The van der Waals surface area contributed by atoms with E-state index in [1.165, 1.54) is 11.3 Å². The molecular formula is C20H18ClN3O3S. The summed E-state index contributed by atoms with van der Waals surface area (Å²) in [5.41, 5.74) is 2.09. The number of nitrogens with zero attached hydrogens (tertiary/aromatic N) is 1. The van der Waals surface area contributed by atoms with Crippen molar-refractivity contribution in [2.75, 3.05) is 11.9 Å². The van der Waals surface area contributed by atoms with E-state index in [0.717, 1.165) is 10.8 Å². The zero-order chi connectivity index (χ0) is 19.8. The largest absolute Gasteiger partial charge is 0.459 e. The van der Waals surface area contributed by atoms with Crippen LogP contribution in [0.2, 0.25) is 5.02 Å². The number of carbonyl (C=O) groups excluding carboxylic acids is 2. The number of nitrogens with one attached hydrogen (secondary N) is 2. The van der Waals surface area contributed by atoms with Gasteiger partial charge in [-0.25, -0.2) is 4.98 Å². The Hall–Kier alpha value is -2.90. The fourth-order valence-corrected chi connectivity index (χ4v) is 3.12. The van der Waals surface area contributed by atoms with Crippen molar-refractivity contribution in [3.63, 3.8) is 0 Å². The lowest BCUT2D eigenvalue weighted by molar-refractivity contribution is -0.144. The number of hydrogen-bond acceptors (Lipinski definition) is 6. The summed E-state index contributed by atoms with van der Waals surface area (Å²) in [5.74, 6) is -0.664. The molecule has 0 spiro atoms. The van der Waals surface area contributed by atoms with Crippen LogP contribution in [0.5, 0.6) is 0 Å². The van der Waals surface area contributed by atoms with Crippen molar-refractivity contribution in [3.05, 3.63) is 76.3 Å². The van der Waals surface area contributed by atoms with Crippen molar-refractivity contribution < 1.29 is 14.3 Å². The standard InChI is InChI=1S/C20H18ClN3O3S/c21-15-8-6-14(7-9-15)19(26)22-11-10-18(25)27-12-17-13-28-20(24-17)23-16-4-2-1-3-5-16/h1-9,13H,10-12H2,(H,22,26)(H,23,24). The maximum Gasteiger partial charge on any atom is 0.307 e. The maximum atomic E-state index is 11.9. The van der Waals surface area contributed by atoms with Gasteiger partial charge in [-0.1, -0.05) is 29.8 Å². The summed E-state index contributed by atoms with van der Waals surface area (Å²) < 4.78 is 5.20. The first-order valence-electron chi connectivity index (χ1n) is 8.56. The normalized spacial score (nSPS) is 10.3. The molecule has 8 heteroatoms. The Labute approximate surface area is 171 Å². The van der Waals surface area contributed by atoms with Crippen LogP contribution in [-0.2, 0) is 16.1 Å². The predicted octanol–water partition coefficient (Wildman–Crippen LogP) is 4.40. The van der Waals surface area contributed by atoms with Gasteiger partial charge in [0.15, 0.2) is 5.13 Å². The molecule has 144 valence electrons. The van der Waals surface area contributed by atoms with Gasteiger partial charge in [-0.2, -0.15) is 0 Å². The Kier molecular flexibility index (Phi) is 7.00. The van der Waals surface area contributed by atoms with Crippen LogP contribution in [0.15, 0.2) is 60.0 Å². The second-order valence-electron chi connectivity index (χ2n) is 5.81. The minimum Gasteiger partial charge on any atom is -0.459 e. The maximum absolute atomic E-state index is 11.9. The van der Waals surface area contributed by atoms with E-state index in [-0.39, 0.29) is 25.5 Å². The van der Waals surface area contributed by atoms with E-state index < -0.39 is 5.97 Å². The molecule has 0 saturated heterocycles. The molecule has 1 aromatic heterocycles. The molecule has 0 saturated carbocycles. The number of amides is 1. The average Bonchev–Trinajstić information content (AvgIpc) is 3.15. The lowest BCUT2D eigenvalue weighted by Gasteiger charge is -2.06. The van der Waals surface area contributed by atoms with Gasteiger partial charge in [0.25, 0.3) is 5.91 Å². The summed E-state index contributed by atoms with van der Waals surface area (Å²) in [6.07, 6.45) is 0.0819. The topological polar surface area (TPSA) is 80.3 Å². The van der Waals surface area contributed by atoms with Crippen LogP contribution < -0.4 is 10.6 Å². The van der Waals surface area contributed by atoms with Crippen molar-refractivity contribution in [3.8, 4) is 0 Å². The molecule has 0 atom stereocenters. The number of rotatable bonds is 8. The van der Waals surface area contributed by atoms with E-state index in [1.54, 1.807) is 24.3 Å². The minimum atomic E-state index is -0.401. The smallest absolute Gasteiger partial charge is 0.307 e. The lowest BCUT2D eigenvalue weighted by atomic mass is 10.2. The van der Waals surface area contributed by atoms with Crippen LogP contribution in [0.4, 0.5) is 10.8 Å². The van der Waals surface area contributed by atoms with E-state index in [1.807, 2.05) is 35.7 Å². The van der Waals surface area contributed by atoms with Crippen LogP contribution in [-0.4, -0.2) is 23.4 Å². The summed E-state index contributed by atoms with van der Waals surface area (Å²) in [4.78, 5) is 28.2. The second-order valence-corrected chi connectivity index (χ2v) is 7.10. The third-order valence-corrected chi connectivity index (χ3v) is 4.74. The summed E-state index contributed by atoms with van der Waals surface area (Å²) >= 11 is 7.22. The molecule has 0 aliphatic carbocycles. The van der Waals surface area contributed by atoms with Crippen LogP contribution >= 0.6 is 22.9 Å². The lowest BCUT2D eigenvalue weighted by Crippen LogP contribution is -2.26. The zero-order valence-electron chi connectivity index (χ0n) is 14.9. The molecule has 1 amide bonds. The fourth-order valence-electron chi connectivity index (χ4n) is 2.28. The minimum absolute atomic E-state index is 0.0819. The summed E-state index contributed by atoms with van der Waals surface area (Å²) in [7, 11) is 0. The molecule has 3 rings (SSSR count).